The number of rotatable bonds is 5. The molecule has 0 aliphatic rings. The highest BCUT2D eigenvalue weighted by Gasteiger charge is 2.29. The number of carboxylic acids is 1. The number of carbonyl (C=O) groups is 1. The number of nitrogens with two attached hydrogens (primary N) is 1. The Balaban J connectivity index is 1.88. The number of guanidine groups is 1. The van der Waals surface area contributed by atoms with Gasteiger partial charge >= 0.3 is 5.97 Å². The summed E-state index contributed by atoms with van der Waals surface area (Å²) in [7, 11) is 0. The van der Waals surface area contributed by atoms with Gasteiger partial charge in [-0.05, 0) is 29.7 Å². The number of hydrogen-bond donors (Lipinski definition) is 4. The lowest BCUT2D eigenvalue weighted by molar-refractivity contribution is -0.139. The molecule has 0 radical (unpaired) electrons. The number of fused-ring (bicyclic) bond motifs is 1. The molecule has 1 aromatic carbocycles. The van der Waals surface area contributed by atoms with Gasteiger partial charge in [-0.2, -0.15) is 0 Å². The van der Waals surface area contributed by atoms with E-state index in [1.807, 2.05) is 36.4 Å². The van der Waals surface area contributed by atoms with Crippen molar-refractivity contribution in [3.05, 3.63) is 52.5 Å². The van der Waals surface area contributed by atoms with Gasteiger partial charge in [0.15, 0.2) is 12.0 Å². The van der Waals surface area contributed by atoms with E-state index in [1.54, 1.807) is 17.4 Å². The molecule has 1 atom stereocenters. The van der Waals surface area contributed by atoms with Crippen molar-refractivity contribution >= 4 is 67.6 Å². The summed E-state index contributed by atoms with van der Waals surface area (Å²) in [5.74, 6) is -1.59. The molecular formula is C18H13ClN4O2S3. The lowest BCUT2D eigenvalue weighted by Crippen LogP contribution is -2.38. The number of nitrogens with zero attached hydrogens (tertiary/aromatic N) is 1. The van der Waals surface area contributed by atoms with Crippen LogP contribution in [0.15, 0.2) is 42.5 Å². The third-order valence-corrected chi connectivity index (χ3v) is 7.67. The van der Waals surface area contributed by atoms with Crippen LogP contribution in [0.2, 0.25) is 4.34 Å². The molecule has 142 valence electrons. The van der Waals surface area contributed by atoms with Crippen LogP contribution < -0.4 is 11.1 Å². The molecular weight excluding hydrogens is 436 g/mol. The Morgan fingerprint density at radius 3 is 2.61 bits per heavy atom. The Hall–Kier alpha value is -2.46. The fraction of sp³-hybridized carbons (Fsp3) is 0.0556. The zero-order chi connectivity index (χ0) is 19.8. The largest absolute Gasteiger partial charge is 0.479 e. The average molecular weight is 449 g/mol. The summed E-state index contributed by atoms with van der Waals surface area (Å²) >= 11 is 10.4. The predicted molar refractivity (Wildman–Crippen MR) is 117 cm³/mol. The molecule has 0 aliphatic heterocycles. The van der Waals surface area contributed by atoms with E-state index < -0.39 is 18.0 Å². The van der Waals surface area contributed by atoms with Crippen LogP contribution in [0.25, 0.3) is 29.7 Å². The van der Waals surface area contributed by atoms with Crippen LogP contribution in [0, 0.1) is 5.41 Å². The molecule has 3 aromatic heterocycles. The number of aliphatic carboxylic acids is 1. The summed E-state index contributed by atoms with van der Waals surface area (Å²) < 4.78 is 1.73. The summed E-state index contributed by atoms with van der Waals surface area (Å²) in [4.78, 5) is 18.9. The quantitative estimate of drug-likeness (QED) is 0.253. The highest BCUT2D eigenvalue weighted by Crippen LogP contribution is 2.44. The average Bonchev–Trinajstić information content (AvgIpc) is 3.36. The van der Waals surface area contributed by atoms with Crippen molar-refractivity contribution in [1.29, 1.82) is 5.41 Å². The normalized spacial score (nSPS) is 12.2. The lowest BCUT2D eigenvalue weighted by atomic mass is 10.1. The van der Waals surface area contributed by atoms with E-state index in [0.717, 1.165) is 19.8 Å². The number of nitrogens with one attached hydrogen (secondary N) is 2. The summed E-state index contributed by atoms with van der Waals surface area (Å²) in [6.45, 7) is 0. The van der Waals surface area contributed by atoms with Gasteiger partial charge in [0.05, 0.1) is 19.8 Å². The van der Waals surface area contributed by atoms with Crippen LogP contribution in [-0.2, 0) is 4.79 Å². The van der Waals surface area contributed by atoms with Gasteiger partial charge in [0, 0.05) is 9.58 Å². The maximum atomic E-state index is 11.8. The number of halogens is 1. The first-order valence-corrected chi connectivity index (χ1v) is 10.8. The van der Waals surface area contributed by atoms with Crippen molar-refractivity contribution in [3.63, 3.8) is 0 Å². The number of thiophene rings is 2. The predicted octanol–water partition coefficient (Wildman–Crippen LogP) is 5.02. The minimum absolute atomic E-state index is 0.318. The molecule has 4 rings (SSSR count). The van der Waals surface area contributed by atoms with E-state index in [-0.39, 0.29) is 0 Å². The first-order valence-electron chi connectivity index (χ1n) is 8.01. The third kappa shape index (κ3) is 3.61. The maximum absolute atomic E-state index is 11.8. The standard InChI is InChI=1S/C18H13ClN4O2S3/c19-12-6-5-10(27-12)15-13(14(17(24)25)23-18(20)21)22-16(28-15)11-7-8-3-1-2-4-9(8)26-11/h1-7,14H,(H,24,25)(H4,20,21,23). The molecule has 0 spiro atoms. The molecule has 0 fully saturated rings. The van der Waals surface area contributed by atoms with Crippen LogP contribution in [-0.4, -0.2) is 22.0 Å². The number of aromatic nitrogens is 1. The van der Waals surface area contributed by atoms with Crippen LogP contribution in [0.1, 0.15) is 11.7 Å². The summed E-state index contributed by atoms with van der Waals surface area (Å²) in [6.07, 6.45) is 0. The van der Waals surface area contributed by atoms with Gasteiger partial charge in [0.25, 0.3) is 0 Å². The molecule has 0 amide bonds. The maximum Gasteiger partial charge on any atom is 0.332 e. The van der Waals surface area contributed by atoms with E-state index in [0.29, 0.717) is 19.9 Å². The van der Waals surface area contributed by atoms with Crippen molar-refractivity contribution in [2.24, 2.45) is 5.73 Å². The zero-order valence-corrected chi connectivity index (χ0v) is 17.3. The van der Waals surface area contributed by atoms with Crippen molar-refractivity contribution in [2.75, 3.05) is 0 Å². The monoisotopic (exact) mass is 448 g/mol. The van der Waals surface area contributed by atoms with Gasteiger partial charge in [0.2, 0.25) is 0 Å². The fourth-order valence-corrected chi connectivity index (χ4v) is 6.11. The van der Waals surface area contributed by atoms with Crippen LogP contribution in [0.3, 0.4) is 0 Å². The molecule has 0 bridgehead atoms. The molecule has 0 saturated carbocycles. The van der Waals surface area contributed by atoms with Gasteiger partial charge < -0.3 is 16.2 Å². The molecule has 28 heavy (non-hydrogen) atoms. The Bertz CT molecular complexity index is 1160. The second-order valence-corrected chi connectivity index (χ2v) is 9.61. The van der Waals surface area contributed by atoms with Crippen LogP contribution >= 0.6 is 45.6 Å². The van der Waals surface area contributed by atoms with Gasteiger partial charge in [0.1, 0.15) is 5.01 Å². The topological polar surface area (TPSA) is 112 Å². The van der Waals surface area contributed by atoms with Gasteiger partial charge in [-0.15, -0.1) is 34.0 Å². The molecule has 5 N–H and O–H groups in total. The lowest BCUT2D eigenvalue weighted by Gasteiger charge is -2.13. The van der Waals surface area contributed by atoms with E-state index in [4.69, 9.17) is 22.7 Å². The van der Waals surface area contributed by atoms with E-state index in [2.05, 4.69) is 10.3 Å². The van der Waals surface area contributed by atoms with Gasteiger partial charge in [-0.25, -0.2) is 9.78 Å². The zero-order valence-electron chi connectivity index (χ0n) is 14.1. The number of benzene rings is 1. The minimum atomic E-state index is -1.23. The minimum Gasteiger partial charge on any atom is -0.479 e. The number of carboxylic acid groups (broad SMARTS) is 1. The highest BCUT2D eigenvalue weighted by atomic mass is 35.5. The highest BCUT2D eigenvalue weighted by molar-refractivity contribution is 7.28. The number of thiazole rings is 1. The van der Waals surface area contributed by atoms with Crippen molar-refractivity contribution < 1.29 is 9.90 Å². The Labute approximate surface area is 176 Å². The van der Waals surface area contributed by atoms with E-state index >= 15 is 0 Å². The Kier molecular flexibility index (Phi) is 5.07. The van der Waals surface area contributed by atoms with Crippen molar-refractivity contribution in [2.45, 2.75) is 6.04 Å². The Morgan fingerprint density at radius 1 is 1.18 bits per heavy atom. The van der Waals surface area contributed by atoms with Gasteiger partial charge in [-0.3, -0.25) is 5.41 Å². The van der Waals surface area contributed by atoms with Crippen LogP contribution in [0.5, 0.6) is 0 Å². The molecule has 10 heteroatoms. The van der Waals surface area contributed by atoms with E-state index in [9.17, 15) is 9.90 Å². The Morgan fingerprint density at radius 2 is 1.96 bits per heavy atom. The molecule has 1 unspecified atom stereocenters. The molecule has 4 aromatic rings. The summed E-state index contributed by atoms with van der Waals surface area (Å²) in [5.41, 5.74) is 5.72. The third-order valence-electron chi connectivity index (χ3n) is 3.91. The van der Waals surface area contributed by atoms with Crippen molar-refractivity contribution in [3.8, 4) is 19.6 Å². The molecule has 6 nitrogen and oxygen atoms in total. The smallest absolute Gasteiger partial charge is 0.332 e. The SMILES string of the molecule is N=C(N)NC(C(=O)O)c1nc(-c2cc3ccccc3s2)sc1-c1ccc(Cl)s1. The second kappa shape index (κ2) is 7.51. The number of hydrogen-bond acceptors (Lipinski definition) is 6. The van der Waals surface area contributed by atoms with Gasteiger partial charge in [-0.1, -0.05) is 29.8 Å². The first-order chi connectivity index (χ1) is 13.4. The first kappa shape index (κ1) is 18.9. The molecule has 0 aliphatic carbocycles. The van der Waals surface area contributed by atoms with Crippen molar-refractivity contribution in [1.82, 2.24) is 10.3 Å². The second-order valence-electron chi connectivity index (χ2n) is 5.81. The molecule has 3 heterocycles. The fourth-order valence-electron chi connectivity index (χ4n) is 2.74. The van der Waals surface area contributed by atoms with Crippen LogP contribution in [0.4, 0.5) is 0 Å². The van der Waals surface area contributed by atoms with E-state index in [1.165, 1.54) is 22.7 Å². The summed E-state index contributed by atoms with van der Waals surface area (Å²) in [6, 6.07) is 12.4. The summed E-state index contributed by atoms with van der Waals surface area (Å²) in [5, 5.41) is 21.4. The molecule has 0 saturated heterocycles.